The SMILES string of the molecule is Cc1ccc(S(=O)(=O)Nc2ccc3c(ccn3CC(=O)N[C@@H](CC(C)C)C(=O)O)c2)cc1. The largest absolute Gasteiger partial charge is 0.480 e. The summed E-state index contributed by atoms with van der Waals surface area (Å²) in [7, 11) is -3.72. The van der Waals surface area contributed by atoms with Crippen LogP contribution in [0.1, 0.15) is 25.8 Å². The summed E-state index contributed by atoms with van der Waals surface area (Å²) in [5, 5.41) is 12.6. The fraction of sp³-hybridized carbons (Fsp3) is 0.304. The van der Waals surface area contributed by atoms with E-state index < -0.39 is 27.9 Å². The van der Waals surface area contributed by atoms with E-state index in [1.807, 2.05) is 20.8 Å². The van der Waals surface area contributed by atoms with Crippen molar-refractivity contribution < 1.29 is 23.1 Å². The van der Waals surface area contributed by atoms with Crippen LogP contribution >= 0.6 is 0 Å². The van der Waals surface area contributed by atoms with Crippen molar-refractivity contribution in [2.24, 2.45) is 5.92 Å². The fourth-order valence-corrected chi connectivity index (χ4v) is 4.47. The van der Waals surface area contributed by atoms with E-state index in [4.69, 9.17) is 0 Å². The second-order valence-electron chi connectivity index (χ2n) is 8.22. The average Bonchev–Trinajstić information content (AvgIpc) is 3.09. The van der Waals surface area contributed by atoms with E-state index in [2.05, 4.69) is 10.0 Å². The van der Waals surface area contributed by atoms with Crippen LogP contribution in [0.25, 0.3) is 10.9 Å². The molecular weight excluding hydrogens is 430 g/mol. The summed E-state index contributed by atoms with van der Waals surface area (Å²) in [5.41, 5.74) is 2.10. The summed E-state index contributed by atoms with van der Waals surface area (Å²) in [5.74, 6) is -1.33. The number of aryl methyl sites for hydroxylation is 1. The van der Waals surface area contributed by atoms with Crippen LogP contribution in [0, 0.1) is 12.8 Å². The Hall–Kier alpha value is -3.33. The van der Waals surface area contributed by atoms with Crippen LogP contribution in [-0.2, 0) is 26.2 Å². The third-order valence-corrected chi connectivity index (χ3v) is 6.41. The number of hydrogen-bond acceptors (Lipinski definition) is 4. The van der Waals surface area contributed by atoms with Gasteiger partial charge >= 0.3 is 5.97 Å². The molecular formula is C23H27N3O5S. The molecule has 0 spiro atoms. The van der Waals surface area contributed by atoms with Gasteiger partial charge in [0.05, 0.1) is 4.90 Å². The Kier molecular flexibility index (Phi) is 6.88. The lowest BCUT2D eigenvalue weighted by Gasteiger charge is -2.17. The van der Waals surface area contributed by atoms with Crippen LogP contribution in [0.4, 0.5) is 5.69 Å². The quantitative estimate of drug-likeness (QED) is 0.455. The predicted molar refractivity (Wildman–Crippen MR) is 123 cm³/mol. The van der Waals surface area contributed by atoms with E-state index in [1.165, 1.54) is 0 Å². The molecule has 1 amide bonds. The summed E-state index contributed by atoms with van der Waals surface area (Å²) >= 11 is 0. The highest BCUT2D eigenvalue weighted by Gasteiger charge is 2.21. The van der Waals surface area contributed by atoms with E-state index in [0.717, 1.165) is 16.5 Å². The summed E-state index contributed by atoms with van der Waals surface area (Å²) in [6.45, 7) is 5.63. The number of sulfonamides is 1. The third-order valence-electron chi connectivity index (χ3n) is 5.01. The van der Waals surface area contributed by atoms with Crippen molar-refractivity contribution in [2.45, 2.75) is 44.7 Å². The van der Waals surface area contributed by atoms with Crippen molar-refractivity contribution in [3.63, 3.8) is 0 Å². The number of amides is 1. The van der Waals surface area contributed by atoms with Gasteiger partial charge in [-0.05, 0) is 55.7 Å². The highest BCUT2D eigenvalue weighted by Crippen LogP contribution is 2.23. The molecule has 3 rings (SSSR count). The van der Waals surface area contributed by atoms with E-state index in [0.29, 0.717) is 12.1 Å². The molecule has 0 bridgehead atoms. The minimum atomic E-state index is -3.72. The number of fused-ring (bicyclic) bond motifs is 1. The Labute approximate surface area is 187 Å². The number of carbonyl (C=O) groups is 2. The molecule has 3 N–H and O–H groups in total. The first-order valence-electron chi connectivity index (χ1n) is 10.3. The Bertz CT molecular complexity index is 1230. The van der Waals surface area contributed by atoms with Crippen molar-refractivity contribution in [2.75, 3.05) is 4.72 Å². The number of aliphatic carboxylic acids is 1. The van der Waals surface area contributed by atoms with Crippen molar-refractivity contribution in [1.29, 1.82) is 0 Å². The van der Waals surface area contributed by atoms with E-state index >= 15 is 0 Å². The molecule has 0 aliphatic carbocycles. The van der Waals surface area contributed by atoms with Crippen LogP contribution in [-0.4, -0.2) is 36.0 Å². The number of benzene rings is 2. The molecule has 2 aromatic carbocycles. The minimum absolute atomic E-state index is 0.0418. The van der Waals surface area contributed by atoms with Gasteiger partial charge in [0.15, 0.2) is 0 Å². The molecule has 0 aliphatic rings. The van der Waals surface area contributed by atoms with Gasteiger partial charge in [-0.25, -0.2) is 13.2 Å². The number of nitrogens with one attached hydrogen (secondary N) is 2. The lowest BCUT2D eigenvalue weighted by Crippen LogP contribution is -2.43. The summed E-state index contributed by atoms with van der Waals surface area (Å²) in [4.78, 5) is 24.0. The molecule has 0 radical (unpaired) electrons. The van der Waals surface area contributed by atoms with Crippen LogP contribution in [0.15, 0.2) is 59.6 Å². The highest BCUT2D eigenvalue weighted by molar-refractivity contribution is 7.92. The maximum atomic E-state index is 12.6. The van der Waals surface area contributed by atoms with E-state index in [-0.39, 0.29) is 17.4 Å². The Morgan fingerprint density at radius 3 is 2.38 bits per heavy atom. The van der Waals surface area contributed by atoms with E-state index in [9.17, 15) is 23.1 Å². The zero-order valence-corrected chi connectivity index (χ0v) is 19.0. The number of carboxylic acids is 1. The first-order chi connectivity index (χ1) is 15.0. The third kappa shape index (κ3) is 5.67. The molecule has 9 heteroatoms. The van der Waals surface area contributed by atoms with Gasteiger partial charge in [-0.1, -0.05) is 31.5 Å². The minimum Gasteiger partial charge on any atom is -0.480 e. The summed E-state index contributed by atoms with van der Waals surface area (Å²) < 4.78 is 29.5. The van der Waals surface area contributed by atoms with Crippen LogP contribution in [0.3, 0.4) is 0 Å². The second kappa shape index (κ2) is 9.44. The van der Waals surface area contributed by atoms with Gasteiger partial charge in [-0.2, -0.15) is 0 Å². The smallest absolute Gasteiger partial charge is 0.326 e. The van der Waals surface area contributed by atoms with Gasteiger partial charge in [-0.15, -0.1) is 0 Å². The zero-order valence-electron chi connectivity index (χ0n) is 18.2. The number of hydrogen-bond donors (Lipinski definition) is 3. The zero-order chi connectivity index (χ0) is 23.5. The predicted octanol–water partition coefficient (Wildman–Crippen LogP) is 3.37. The van der Waals surface area contributed by atoms with E-state index in [1.54, 1.807) is 59.3 Å². The first kappa shape index (κ1) is 23.3. The summed E-state index contributed by atoms with van der Waals surface area (Å²) in [6, 6.07) is 12.4. The lowest BCUT2D eigenvalue weighted by atomic mass is 10.0. The van der Waals surface area contributed by atoms with Crippen LogP contribution in [0.5, 0.6) is 0 Å². The summed E-state index contributed by atoms with van der Waals surface area (Å²) in [6.07, 6.45) is 2.05. The normalized spacial score (nSPS) is 12.6. The maximum Gasteiger partial charge on any atom is 0.326 e. The van der Waals surface area contributed by atoms with Gasteiger partial charge in [0.1, 0.15) is 12.6 Å². The molecule has 0 fully saturated rings. The fourth-order valence-electron chi connectivity index (χ4n) is 3.42. The number of carboxylic acid groups (broad SMARTS) is 1. The van der Waals surface area contributed by atoms with Gasteiger partial charge in [-0.3, -0.25) is 9.52 Å². The molecule has 0 saturated carbocycles. The molecule has 8 nitrogen and oxygen atoms in total. The van der Waals surface area contributed by atoms with Crippen molar-refractivity contribution in [1.82, 2.24) is 9.88 Å². The van der Waals surface area contributed by atoms with Gasteiger partial charge in [0.2, 0.25) is 5.91 Å². The van der Waals surface area contributed by atoms with Crippen LogP contribution in [0.2, 0.25) is 0 Å². The van der Waals surface area contributed by atoms with Crippen LogP contribution < -0.4 is 10.0 Å². The van der Waals surface area contributed by atoms with Gasteiger partial charge in [0, 0.05) is 22.8 Å². The number of carbonyl (C=O) groups excluding carboxylic acids is 1. The van der Waals surface area contributed by atoms with Gasteiger partial charge in [0.25, 0.3) is 10.0 Å². The molecule has 0 saturated heterocycles. The molecule has 32 heavy (non-hydrogen) atoms. The van der Waals surface area contributed by atoms with Crippen molar-refractivity contribution in [3.8, 4) is 0 Å². The monoisotopic (exact) mass is 457 g/mol. The second-order valence-corrected chi connectivity index (χ2v) is 9.91. The maximum absolute atomic E-state index is 12.6. The Balaban J connectivity index is 1.74. The average molecular weight is 458 g/mol. The molecule has 1 atom stereocenters. The molecule has 1 aromatic heterocycles. The standard InChI is InChI=1S/C23H27N3O5S/c1-15(2)12-20(23(28)29)24-22(27)14-26-11-10-17-13-18(6-9-21(17)26)25-32(30,31)19-7-4-16(3)5-8-19/h4-11,13,15,20,25H,12,14H2,1-3H3,(H,24,27)(H,28,29)/t20-/m0/s1. The number of anilines is 1. The Morgan fingerprint density at radius 1 is 1.06 bits per heavy atom. The first-order valence-corrected chi connectivity index (χ1v) is 11.7. The Morgan fingerprint density at radius 2 is 1.75 bits per heavy atom. The molecule has 0 aliphatic heterocycles. The number of nitrogens with zero attached hydrogens (tertiary/aromatic N) is 1. The van der Waals surface area contributed by atoms with Gasteiger partial charge < -0.3 is 15.0 Å². The molecule has 170 valence electrons. The molecule has 0 unspecified atom stereocenters. The lowest BCUT2D eigenvalue weighted by molar-refractivity contribution is -0.142. The van der Waals surface area contributed by atoms with Crippen molar-refractivity contribution >= 4 is 38.5 Å². The number of rotatable bonds is 9. The molecule has 1 heterocycles. The van der Waals surface area contributed by atoms with Crippen molar-refractivity contribution in [3.05, 3.63) is 60.3 Å². The number of aromatic nitrogens is 1. The highest BCUT2D eigenvalue weighted by atomic mass is 32.2. The topological polar surface area (TPSA) is 118 Å². The molecule has 3 aromatic rings.